The number of benzene rings is 2. The standard InChI is InChI=1S/C19H16ClFN2O2/c1-11(2)23-10-14(18(24)13-9-12(20)7-8-17(13)23)19(25)22-16-6-4-3-5-15(16)21/h3-11H,1-2H3,(H,22,25). The first kappa shape index (κ1) is 17.2. The van der Waals surface area contributed by atoms with E-state index in [9.17, 15) is 14.0 Å². The molecule has 0 saturated heterocycles. The first-order chi connectivity index (χ1) is 11.9. The fraction of sp³-hybridized carbons (Fsp3) is 0.158. The molecule has 3 rings (SSSR count). The van der Waals surface area contributed by atoms with Gasteiger partial charge >= 0.3 is 0 Å². The van der Waals surface area contributed by atoms with Gasteiger partial charge in [0.2, 0.25) is 5.43 Å². The predicted molar refractivity (Wildman–Crippen MR) is 98.0 cm³/mol. The molecule has 6 heteroatoms. The molecule has 0 atom stereocenters. The number of para-hydroxylation sites is 1. The molecular formula is C19H16ClFN2O2. The highest BCUT2D eigenvalue weighted by Gasteiger charge is 2.18. The summed E-state index contributed by atoms with van der Waals surface area (Å²) in [4.78, 5) is 25.3. The molecular weight excluding hydrogens is 343 g/mol. The number of amides is 1. The van der Waals surface area contributed by atoms with Gasteiger partial charge in [-0.1, -0.05) is 23.7 Å². The lowest BCUT2D eigenvalue weighted by Crippen LogP contribution is -2.24. The third-order valence-corrected chi connectivity index (χ3v) is 4.15. The molecule has 0 aliphatic rings. The Morgan fingerprint density at radius 1 is 1.20 bits per heavy atom. The van der Waals surface area contributed by atoms with Gasteiger partial charge in [-0.2, -0.15) is 0 Å². The summed E-state index contributed by atoms with van der Waals surface area (Å²) in [7, 11) is 0. The molecule has 1 N–H and O–H groups in total. The van der Waals surface area contributed by atoms with Crippen LogP contribution < -0.4 is 10.7 Å². The normalized spacial score (nSPS) is 11.1. The van der Waals surface area contributed by atoms with Crippen LogP contribution in [-0.4, -0.2) is 10.5 Å². The Kier molecular flexibility index (Phi) is 4.59. The Morgan fingerprint density at radius 2 is 1.92 bits per heavy atom. The number of nitrogens with one attached hydrogen (secondary N) is 1. The lowest BCUT2D eigenvalue weighted by molar-refractivity contribution is 0.102. The number of fused-ring (bicyclic) bond motifs is 1. The monoisotopic (exact) mass is 358 g/mol. The average Bonchev–Trinajstić information content (AvgIpc) is 2.57. The van der Waals surface area contributed by atoms with Gasteiger partial charge in [0.1, 0.15) is 11.4 Å². The first-order valence-corrected chi connectivity index (χ1v) is 8.16. The molecule has 0 unspecified atom stereocenters. The molecule has 1 amide bonds. The van der Waals surface area contributed by atoms with Crippen molar-refractivity contribution in [2.24, 2.45) is 0 Å². The van der Waals surface area contributed by atoms with Gasteiger partial charge in [0.15, 0.2) is 0 Å². The molecule has 0 fully saturated rings. The van der Waals surface area contributed by atoms with Crippen molar-refractivity contribution in [2.45, 2.75) is 19.9 Å². The molecule has 25 heavy (non-hydrogen) atoms. The second-order valence-electron chi connectivity index (χ2n) is 5.97. The molecule has 1 heterocycles. The Morgan fingerprint density at radius 3 is 2.60 bits per heavy atom. The molecule has 0 aliphatic carbocycles. The van der Waals surface area contributed by atoms with Crippen molar-refractivity contribution in [1.82, 2.24) is 4.57 Å². The molecule has 2 aromatic carbocycles. The summed E-state index contributed by atoms with van der Waals surface area (Å²) in [5, 5.41) is 3.21. The van der Waals surface area contributed by atoms with Crippen LogP contribution in [0.4, 0.5) is 10.1 Å². The summed E-state index contributed by atoms with van der Waals surface area (Å²) >= 11 is 6.01. The van der Waals surface area contributed by atoms with Crippen molar-refractivity contribution in [3.8, 4) is 0 Å². The highest BCUT2D eigenvalue weighted by Crippen LogP contribution is 2.21. The van der Waals surface area contributed by atoms with Crippen LogP contribution in [0, 0.1) is 5.82 Å². The number of carbonyl (C=O) groups is 1. The smallest absolute Gasteiger partial charge is 0.261 e. The number of hydrogen-bond acceptors (Lipinski definition) is 2. The topological polar surface area (TPSA) is 51.1 Å². The van der Waals surface area contributed by atoms with E-state index < -0.39 is 17.2 Å². The van der Waals surface area contributed by atoms with E-state index in [0.29, 0.717) is 15.9 Å². The summed E-state index contributed by atoms with van der Waals surface area (Å²) < 4.78 is 15.6. The highest BCUT2D eigenvalue weighted by atomic mass is 35.5. The number of anilines is 1. The van der Waals surface area contributed by atoms with Gasteiger partial charge in [-0.25, -0.2) is 4.39 Å². The lowest BCUT2D eigenvalue weighted by Gasteiger charge is -2.17. The van der Waals surface area contributed by atoms with E-state index in [-0.39, 0.29) is 17.3 Å². The Balaban J connectivity index is 2.16. The lowest BCUT2D eigenvalue weighted by atomic mass is 10.1. The molecule has 128 valence electrons. The van der Waals surface area contributed by atoms with Gasteiger partial charge in [0, 0.05) is 22.6 Å². The van der Waals surface area contributed by atoms with E-state index >= 15 is 0 Å². The number of carbonyl (C=O) groups excluding carboxylic acids is 1. The van der Waals surface area contributed by atoms with Gasteiger partial charge in [0.25, 0.3) is 5.91 Å². The largest absolute Gasteiger partial charge is 0.344 e. The zero-order valence-corrected chi connectivity index (χ0v) is 14.5. The maximum absolute atomic E-state index is 13.8. The van der Waals surface area contributed by atoms with E-state index in [2.05, 4.69) is 5.32 Å². The minimum atomic E-state index is -0.661. The SMILES string of the molecule is CC(C)n1cc(C(=O)Nc2ccccc2F)c(=O)c2cc(Cl)ccc21. The van der Waals surface area contributed by atoms with Gasteiger partial charge in [-0.15, -0.1) is 0 Å². The second kappa shape index (κ2) is 6.69. The minimum absolute atomic E-state index is 0.0179. The predicted octanol–water partition coefficient (Wildman–Crippen LogP) is 4.63. The molecule has 3 aromatic rings. The summed E-state index contributed by atoms with van der Waals surface area (Å²) in [6.45, 7) is 3.88. The van der Waals surface area contributed by atoms with Crippen molar-refractivity contribution in [1.29, 1.82) is 0 Å². The van der Waals surface area contributed by atoms with Gasteiger partial charge in [0.05, 0.1) is 11.2 Å². The maximum atomic E-state index is 13.8. The molecule has 0 aliphatic heterocycles. The van der Waals surface area contributed by atoms with E-state index in [1.54, 1.807) is 18.2 Å². The van der Waals surface area contributed by atoms with Gasteiger partial charge in [-0.3, -0.25) is 9.59 Å². The first-order valence-electron chi connectivity index (χ1n) is 7.78. The quantitative estimate of drug-likeness (QED) is 0.742. The van der Waals surface area contributed by atoms with Crippen LogP contribution in [0.3, 0.4) is 0 Å². The summed E-state index contributed by atoms with van der Waals surface area (Å²) in [5.74, 6) is -1.23. The fourth-order valence-electron chi connectivity index (χ4n) is 2.67. The third-order valence-electron chi connectivity index (χ3n) is 3.92. The number of pyridine rings is 1. The number of aromatic nitrogens is 1. The van der Waals surface area contributed by atoms with E-state index in [1.165, 1.54) is 30.5 Å². The maximum Gasteiger partial charge on any atom is 0.261 e. The minimum Gasteiger partial charge on any atom is -0.344 e. The van der Waals surface area contributed by atoms with Crippen LogP contribution in [0.2, 0.25) is 5.02 Å². The zero-order chi connectivity index (χ0) is 18.1. The number of halogens is 2. The van der Waals surface area contributed by atoms with Crippen molar-refractivity contribution >= 4 is 34.1 Å². The van der Waals surface area contributed by atoms with Crippen LogP contribution in [0.5, 0.6) is 0 Å². The van der Waals surface area contributed by atoms with Crippen molar-refractivity contribution in [2.75, 3.05) is 5.32 Å². The third kappa shape index (κ3) is 3.28. The summed E-state index contributed by atoms with van der Waals surface area (Å²) in [6, 6.07) is 10.8. The van der Waals surface area contributed by atoms with Crippen molar-refractivity contribution < 1.29 is 9.18 Å². The Hall–Kier alpha value is -2.66. The average molecular weight is 359 g/mol. The molecule has 0 bridgehead atoms. The molecule has 0 saturated carbocycles. The van der Waals surface area contributed by atoms with Crippen molar-refractivity contribution in [3.63, 3.8) is 0 Å². The van der Waals surface area contributed by atoms with Crippen molar-refractivity contribution in [3.05, 3.63) is 75.3 Å². The summed E-state index contributed by atoms with van der Waals surface area (Å²) in [6.07, 6.45) is 1.50. The van der Waals surface area contributed by atoms with E-state index in [1.807, 2.05) is 18.4 Å². The molecule has 4 nitrogen and oxygen atoms in total. The molecule has 0 radical (unpaired) electrons. The fourth-order valence-corrected chi connectivity index (χ4v) is 2.84. The Labute approximate surface area is 148 Å². The Bertz CT molecular complexity index is 1030. The zero-order valence-electron chi connectivity index (χ0n) is 13.7. The van der Waals surface area contributed by atoms with E-state index in [4.69, 9.17) is 11.6 Å². The number of rotatable bonds is 3. The van der Waals surface area contributed by atoms with Gasteiger partial charge in [-0.05, 0) is 44.2 Å². The number of hydrogen-bond donors (Lipinski definition) is 1. The second-order valence-corrected chi connectivity index (χ2v) is 6.40. The highest BCUT2D eigenvalue weighted by molar-refractivity contribution is 6.31. The van der Waals surface area contributed by atoms with Crippen LogP contribution in [0.25, 0.3) is 10.9 Å². The van der Waals surface area contributed by atoms with Crippen LogP contribution in [0.1, 0.15) is 30.2 Å². The molecule has 1 aromatic heterocycles. The number of nitrogens with zero attached hydrogens (tertiary/aromatic N) is 1. The van der Waals surface area contributed by atoms with Crippen LogP contribution >= 0.6 is 11.6 Å². The van der Waals surface area contributed by atoms with Crippen LogP contribution in [-0.2, 0) is 0 Å². The van der Waals surface area contributed by atoms with E-state index in [0.717, 1.165) is 0 Å². The van der Waals surface area contributed by atoms with Gasteiger partial charge < -0.3 is 9.88 Å². The molecule has 0 spiro atoms. The summed E-state index contributed by atoms with van der Waals surface area (Å²) in [5.41, 5.74) is 0.205. The van der Waals surface area contributed by atoms with Crippen LogP contribution in [0.15, 0.2) is 53.5 Å².